The van der Waals surface area contributed by atoms with E-state index in [0.29, 0.717) is 29.5 Å². The van der Waals surface area contributed by atoms with Gasteiger partial charge in [-0.15, -0.1) is 0 Å². The van der Waals surface area contributed by atoms with Crippen LogP contribution in [0.4, 0.5) is 0 Å². The number of likely N-dealkylation sites (N-methyl/N-ethyl adjacent to an activating group) is 1. The van der Waals surface area contributed by atoms with Gasteiger partial charge in [0.1, 0.15) is 12.4 Å². The van der Waals surface area contributed by atoms with Gasteiger partial charge in [0.2, 0.25) is 0 Å². The van der Waals surface area contributed by atoms with Crippen molar-refractivity contribution in [1.29, 1.82) is 0 Å². The summed E-state index contributed by atoms with van der Waals surface area (Å²) in [4.78, 5) is 14.0. The van der Waals surface area contributed by atoms with Gasteiger partial charge in [0.05, 0.1) is 12.1 Å². The first kappa shape index (κ1) is 16.1. The first-order valence-corrected chi connectivity index (χ1v) is 7.92. The zero-order valence-electron chi connectivity index (χ0n) is 11.6. The third-order valence-corrected chi connectivity index (χ3v) is 4.12. The van der Waals surface area contributed by atoms with Crippen molar-refractivity contribution in [2.24, 2.45) is 0 Å². The lowest BCUT2D eigenvalue weighted by atomic mass is 10.2. The molecule has 3 nitrogen and oxygen atoms in total. The molecule has 0 unspecified atom stereocenters. The van der Waals surface area contributed by atoms with E-state index in [-0.39, 0.29) is 5.91 Å². The molecule has 110 valence electrons. The van der Waals surface area contributed by atoms with Crippen molar-refractivity contribution in [2.75, 3.05) is 20.2 Å². The molecule has 0 saturated carbocycles. The van der Waals surface area contributed by atoms with Gasteiger partial charge in [-0.05, 0) is 52.9 Å². The highest BCUT2D eigenvalue weighted by atomic mass is 127. The van der Waals surface area contributed by atoms with E-state index in [1.165, 1.54) is 0 Å². The number of carbonyl (C=O) groups excluding carboxylic acids is 1. The molecule has 0 spiro atoms. The Morgan fingerprint density at radius 1 is 1.24 bits per heavy atom. The Morgan fingerprint density at radius 2 is 2.00 bits per heavy atom. The van der Waals surface area contributed by atoms with Crippen LogP contribution >= 0.6 is 34.2 Å². The Labute approximate surface area is 143 Å². The van der Waals surface area contributed by atoms with Gasteiger partial charge in [-0.1, -0.05) is 29.8 Å². The highest BCUT2D eigenvalue weighted by Gasteiger charge is 2.14. The van der Waals surface area contributed by atoms with Gasteiger partial charge in [0.25, 0.3) is 5.91 Å². The van der Waals surface area contributed by atoms with Gasteiger partial charge in [-0.25, -0.2) is 0 Å². The number of benzene rings is 2. The van der Waals surface area contributed by atoms with Crippen LogP contribution in [0.25, 0.3) is 0 Å². The van der Waals surface area contributed by atoms with Crippen molar-refractivity contribution in [2.45, 2.75) is 0 Å². The topological polar surface area (TPSA) is 29.5 Å². The summed E-state index contributed by atoms with van der Waals surface area (Å²) < 4.78 is 6.54. The third kappa shape index (κ3) is 4.61. The second-order valence-corrected chi connectivity index (χ2v) is 6.11. The lowest BCUT2D eigenvalue weighted by Gasteiger charge is -2.18. The van der Waals surface area contributed by atoms with Gasteiger partial charge in [0.15, 0.2) is 0 Å². The minimum absolute atomic E-state index is 0.00491. The molecule has 0 fully saturated rings. The summed E-state index contributed by atoms with van der Waals surface area (Å²) in [6.45, 7) is 0.933. The van der Waals surface area contributed by atoms with E-state index in [2.05, 4.69) is 22.6 Å². The van der Waals surface area contributed by atoms with E-state index in [4.69, 9.17) is 16.3 Å². The average molecular weight is 416 g/mol. The second kappa shape index (κ2) is 7.66. The van der Waals surface area contributed by atoms with Crippen LogP contribution in [0.15, 0.2) is 48.5 Å². The molecule has 0 aliphatic carbocycles. The zero-order valence-corrected chi connectivity index (χ0v) is 14.5. The number of amides is 1. The predicted molar refractivity (Wildman–Crippen MR) is 93.1 cm³/mol. The van der Waals surface area contributed by atoms with Crippen LogP contribution in [0.3, 0.4) is 0 Å². The van der Waals surface area contributed by atoms with Crippen molar-refractivity contribution >= 4 is 40.1 Å². The van der Waals surface area contributed by atoms with Crippen LogP contribution < -0.4 is 4.74 Å². The van der Waals surface area contributed by atoms with E-state index >= 15 is 0 Å². The molecule has 2 aromatic carbocycles. The van der Waals surface area contributed by atoms with Crippen molar-refractivity contribution in [1.82, 2.24) is 4.90 Å². The fraction of sp³-hybridized carbons (Fsp3) is 0.188. The summed E-state index contributed by atoms with van der Waals surface area (Å²) in [5.41, 5.74) is 0.711. The second-order valence-electron chi connectivity index (χ2n) is 4.51. The minimum atomic E-state index is -0.00491. The molecule has 0 atom stereocenters. The molecule has 0 bridgehead atoms. The van der Waals surface area contributed by atoms with Gasteiger partial charge >= 0.3 is 0 Å². The molecule has 5 heteroatoms. The number of hydrogen-bond donors (Lipinski definition) is 0. The molecule has 0 aliphatic heterocycles. The Bertz CT molecular complexity index is 633. The van der Waals surface area contributed by atoms with Crippen LogP contribution in [0.1, 0.15) is 10.4 Å². The van der Waals surface area contributed by atoms with Crippen molar-refractivity contribution in [3.8, 4) is 5.75 Å². The number of nitrogens with zero attached hydrogens (tertiary/aromatic N) is 1. The summed E-state index contributed by atoms with van der Waals surface area (Å²) in [5, 5.41) is 0.635. The molecule has 1 amide bonds. The van der Waals surface area contributed by atoms with Crippen molar-refractivity contribution < 1.29 is 9.53 Å². The van der Waals surface area contributed by atoms with Gasteiger partial charge in [-0.3, -0.25) is 4.79 Å². The first-order chi connectivity index (χ1) is 10.1. The van der Waals surface area contributed by atoms with Crippen LogP contribution in [0.5, 0.6) is 5.75 Å². The zero-order chi connectivity index (χ0) is 15.2. The molecule has 0 radical (unpaired) electrons. The Hall–Kier alpha value is -1.27. The average Bonchev–Trinajstić information content (AvgIpc) is 2.47. The lowest BCUT2D eigenvalue weighted by molar-refractivity contribution is 0.0772. The van der Waals surface area contributed by atoms with E-state index in [0.717, 1.165) is 3.57 Å². The molecule has 2 aromatic rings. The Balaban J connectivity index is 1.89. The molecule has 0 aromatic heterocycles. The van der Waals surface area contributed by atoms with Crippen LogP contribution in [0.2, 0.25) is 5.02 Å². The summed E-state index contributed by atoms with van der Waals surface area (Å²) in [5.74, 6) is 0.701. The maximum atomic E-state index is 12.3. The quantitative estimate of drug-likeness (QED) is 0.688. The SMILES string of the molecule is CN(CCOc1cccc(Cl)c1)C(=O)c1ccccc1I. The summed E-state index contributed by atoms with van der Waals surface area (Å²) >= 11 is 8.06. The lowest BCUT2D eigenvalue weighted by Crippen LogP contribution is -2.31. The molecule has 0 N–H and O–H groups in total. The number of hydrogen-bond acceptors (Lipinski definition) is 2. The summed E-state index contributed by atoms with van der Waals surface area (Å²) in [6.07, 6.45) is 0. The highest BCUT2D eigenvalue weighted by molar-refractivity contribution is 14.1. The minimum Gasteiger partial charge on any atom is -0.492 e. The monoisotopic (exact) mass is 415 g/mol. The van der Waals surface area contributed by atoms with Crippen LogP contribution in [-0.4, -0.2) is 31.0 Å². The Kier molecular flexibility index (Phi) is 5.87. The van der Waals surface area contributed by atoms with E-state index in [1.807, 2.05) is 36.4 Å². The molecule has 0 heterocycles. The fourth-order valence-corrected chi connectivity index (χ4v) is 2.60. The summed E-state index contributed by atoms with van der Waals surface area (Å²) in [6, 6.07) is 14.8. The number of rotatable bonds is 5. The maximum Gasteiger partial charge on any atom is 0.254 e. The van der Waals surface area contributed by atoms with Crippen molar-refractivity contribution in [3.05, 3.63) is 62.7 Å². The van der Waals surface area contributed by atoms with Gasteiger partial charge in [0, 0.05) is 15.6 Å². The number of carbonyl (C=O) groups is 1. The van der Waals surface area contributed by atoms with E-state index in [1.54, 1.807) is 24.1 Å². The fourth-order valence-electron chi connectivity index (χ4n) is 1.80. The summed E-state index contributed by atoms with van der Waals surface area (Å²) in [7, 11) is 1.77. The molecule has 0 aliphatic rings. The molecular weight excluding hydrogens is 401 g/mol. The number of halogens is 2. The molecular formula is C16H15ClINO2. The maximum absolute atomic E-state index is 12.3. The molecule has 21 heavy (non-hydrogen) atoms. The highest BCUT2D eigenvalue weighted by Crippen LogP contribution is 2.17. The predicted octanol–water partition coefficient (Wildman–Crippen LogP) is 4.10. The normalized spacial score (nSPS) is 10.2. The van der Waals surface area contributed by atoms with E-state index < -0.39 is 0 Å². The number of ether oxygens (including phenoxy) is 1. The third-order valence-electron chi connectivity index (χ3n) is 2.94. The molecule has 2 rings (SSSR count). The van der Waals surface area contributed by atoms with Crippen LogP contribution in [0, 0.1) is 3.57 Å². The molecule has 0 saturated heterocycles. The largest absolute Gasteiger partial charge is 0.492 e. The smallest absolute Gasteiger partial charge is 0.254 e. The Morgan fingerprint density at radius 3 is 2.71 bits per heavy atom. The van der Waals surface area contributed by atoms with Crippen LogP contribution in [-0.2, 0) is 0 Å². The first-order valence-electron chi connectivity index (χ1n) is 6.46. The standard InChI is InChI=1S/C16H15ClINO2/c1-19(16(20)14-7-2-3-8-15(14)18)9-10-21-13-6-4-5-12(17)11-13/h2-8,11H,9-10H2,1H3. The van der Waals surface area contributed by atoms with Crippen molar-refractivity contribution in [3.63, 3.8) is 0 Å². The van der Waals surface area contributed by atoms with Gasteiger partial charge < -0.3 is 9.64 Å². The van der Waals surface area contributed by atoms with E-state index in [9.17, 15) is 4.79 Å². The van der Waals surface area contributed by atoms with Gasteiger partial charge in [-0.2, -0.15) is 0 Å².